The smallest absolute Gasteiger partial charge is 0.213 e. The first-order valence-corrected chi connectivity index (χ1v) is 6.65. The van der Waals surface area contributed by atoms with Crippen LogP contribution in [0.5, 0.6) is 5.88 Å². The van der Waals surface area contributed by atoms with Gasteiger partial charge in [0.25, 0.3) is 0 Å². The molecule has 110 valence electrons. The molecule has 0 N–H and O–H groups in total. The predicted octanol–water partition coefficient (Wildman–Crippen LogP) is 2.99. The fourth-order valence-corrected chi connectivity index (χ4v) is 2.31. The van der Waals surface area contributed by atoms with Gasteiger partial charge >= 0.3 is 0 Å². The van der Waals surface area contributed by atoms with Crippen LogP contribution in [0, 0.1) is 5.82 Å². The van der Waals surface area contributed by atoms with E-state index in [1.165, 1.54) is 19.4 Å². The average Bonchev–Trinajstić information content (AvgIpc) is 3.02. The first-order chi connectivity index (χ1) is 10.2. The summed E-state index contributed by atoms with van der Waals surface area (Å²) in [6.45, 7) is 0.957. The Bertz CT molecular complexity index is 663. The molecule has 0 aliphatic carbocycles. The van der Waals surface area contributed by atoms with Crippen molar-refractivity contribution in [2.75, 3.05) is 20.3 Å². The molecule has 1 aliphatic heterocycles. The number of hydrogen-bond acceptors (Lipinski definition) is 5. The highest BCUT2D eigenvalue weighted by Gasteiger charge is 2.24. The third-order valence-corrected chi connectivity index (χ3v) is 3.31. The predicted molar refractivity (Wildman–Crippen MR) is 73.6 cm³/mol. The van der Waals surface area contributed by atoms with E-state index in [4.69, 9.17) is 25.8 Å². The molecule has 1 fully saturated rings. The van der Waals surface area contributed by atoms with Crippen molar-refractivity contribution in [1.29, 1.82) is 0 Å². The van der Waals surface area contributed by atoms with E-state index >= 15 is 0 Å². The molecule has 1 saturated heterocycles. The molecule has 2 aromatic heterocycles. The monoisotopic (exact) mass is 310 g/mol. The highest BCUT2D eigenvalue weighted by Crippen LogP contribution is 2.35. The van der Waals surface area contributed by atoms with E-state index in [0.29, 0.717) is 35.8 Å². The van der Waals surface area contributed by atoms with Crippen LogP contribution in [-0.4, -0.2) is 30.3 Å². The summed E-state index contributed by atoms with van der Waals surface area (Å²) in [6, 6.07) is 3.11. The molecule has 0 unspecified atom stereocenters. The molecule has 2 aromatic rings. The number of hydrogen-bond donors (Lipinski definition) is 0. The third kappa shape index (κ3) is 2.83. The zero-order chi connectivity index (χ0) is 14.8. The van der Waals surface area contributed by atoms with E-state index in [1.807, 2.05) is 0 Å². The lowest BCUT2D eigenvalue weighted by Crippen LogP contribution is -2.03. The minimum Gasteiger partial charge on any atom is -0.481 e. The lowest BCUT2D eigenvalue weighted by atomic mass is 10.0. The quantitative estimate of drug-likeness (QED) is 0.816. The second-order valence-electron chi connectivity index (χ2n) is 4.37. The molecule has 7 heteroatoms. The van der Waals surface area contributed by atoms with E-state index in [-0.39, 0.29) is 5.15 Å². The number of ether oxygens (including phenoxy) is 3. The van der Waals surface area contributed by atoms with Crippen LogP contribution in [0.1, 0.15) is 11.9 Å². The molecule has 0 spiro atoms. The minimum atomic E-state index is -0.584. The summed E-state index contributed by atoms with van der Waals surface area (Å²) >= 11 is 5.93. The fraction of sp³-hybridized carbons (Fsp3) is 0.286. The second-order valence-corrected chi connectivity index (χ2v) is 4.76. The van der Waals surface area contributed by atoms with E-state index in [2.05, 4.69) is 9.97 Å². The summed E-state index contributed by atoms with van der Waals surface area (Å²) in [6.07, 6.45) is 2.00. The number of aromatic nitrogens is 2. The van der Waals surface area contributed by atoms with Gasteiger partial charge in [-0.05, 0) is 6.07 Å². The molecular formula is C14H12ClFN2O3. The Kier molecular flexibility index (Phi) is 4.01. The van der Waals surface area contributed by atoms with Gasteiger partial charge < -0.3 is 14.2 Å². The molecule has 5 nitrogen and oxygen atoms in total. The van der Waals surface area contributed by atoms with Gasteiger partial charge in [-0.15, -0.1) is 0 Å². The Hall–Kier alpha value is -1.76. The average molecular weight is 311 g/mol. The molecule has 0 aromatic carbocycles. The molecule has 1 aliphatic rings. The Labute approximate surface area is 125 Å². The molecule has 3 heterocycles. The van der Waals surface area contributed by atoms with Gasteiger partial charge in [0.2, 0.25) is 5.88 Å². The van der Waals surface area contributed by atoms with Gasteiger partial charge in [-0.1, -0.05) is 11.6 Å². The third-order valence-electron chi connectivity index (χ3n) is 3.11. The van der Waals surface area contributed by atoms with Crippen molar-refractivity contribution in [2.24, 2.45) is 0 Å². The first-order valence-electron chi connectivity index (χ1n) is 6.27. The molecule has 0 radical (unpaired) electrons. The van der Waals surface area contributed by atoms with Crippen LogP contribution in [0.25, 0.3) is 11.1 Å². The van der Waals surface area contributed by atoms with E-state index < -0.39 is 12.1 Å². The van der Waals surface area contributed by atoms with Crippen molar-refractivity contribution >= 4 is 11.6 Å². The van der Waals surface area contributed by atoms with Crippen LogP contribution in [0.2, 0.25) is 5.15 Å². The Morgan fingerprint density at radius 2 is 1.95 bits per heavy atom. The molecule has 21 heavy (non-hydrogen) atoms. The van der Waals surface area contributed by atoms with Crippen LogP contribution in [0.15, 0.2) is 24.5 Å². The zero-order valence-corrected chi connectivity index (χ0v) is 11.9. The van der Waals surface area contributed by atoms with Gasteiger partial charge in [-0.2, -0.15) is 0 Å². The van der Waals surface area contributed by atoms with Crippen molar-refractivity contribution in [3.05, 3.63) is 41.1 Å². The number of pyridine rings is 2. The van der Waals surface area contributed by atoms with Gasteiger partial charge in [0, 0.05) is 29.0 Å². The fourth-order valence-electron chi connectivity index (χ4n) is 2.14. The normalized spacial score (nSPS) is 15.4. The van der Waals surface area contributed by atoms with Gasteiger partial charge in [0.05, 0.1) is 26.5 Å². The molecule has 0 saturated carbocycles. The topological polar surface area (TPSA) is 53.5 Å². The van der Waals surface area contributed by atoms with Crippen LogP contribution >= 0.6 is 11.6 Å². The van der Waals surface area contributed by atoms with E-state index in [0.717, 1.165) is 6.20 Å². The van der Waals surface area contributed by atoms with Crippen molar-refractivity contribution in [3.8, 4) is 17.0 Å². The minimum absolute atomic E-state index is 0.286. The lowest BCUT2D eigenvalue weighted by molar-refractivity contribution is -0.0437. The number of halogens is 2. The highest BCUT2D eigenvalue weighted by atomic mass is 35.5. The van der Waals surface area contributed by atoms with Gasteiger partial charge in [-0.3, -0.25) is 0 Å². The van der Waals surface area contributed by atoms with Crippen LogP contribution < -0.4 is 4.74 Å². The van der Waals surface area contributed by atoms with Crippen molar-refractivity contribution in [3.63, 3.8) is 0 Å². The number of methoxy groups -OCH3 is 1. The van der Waals surface area contributed by atoms with E-state index in [9.17, 15) is 4.39 Å². The van der Waals surface area contributed by atoms with Crippen molar-refractivity contribution in [1.82, 2.24) is 9.97 Å². The standard InChI is InChI=1S/C14H12ClFN2O3/c1-19-13-5-8(11(16)7-18-13)10-6-17-12(15)4-9(10)14-20-2-3-21-14/h4-7,14H,2-3H2,1H3. The van der Waals surface area contributed by atoms with Gasteiger partial charge in [0.1, 0.15) is 11.0 Å². The Balaban J connectivity index is 2.13. The van der Waals surface area contributed by atoms with Gasteiger partial charge in [0.15, 0.2) is 6.29 Å². The maximum atomic E-state index is 14.1. The SMILES string of the molecule is COc1cc(-c2cnc(Cl)cc2C2OCCO2)c(F)cn1. The summed E-state index contributed by atoms with van der Waals surface area (Å²) < 4.78 is 30.1. The van der Waals surface area contributed by atoms with Gasteiger partial charge in [-0.25, -0.2) is 14.4 Å². The second kappa shape index (κ2) is 5.93. The van der Waals surface area contributed by atoms with Crippen LogP contribution in [-0.2, 0) is 9.47 Å². The van der Waals surface area contributed by atoms with Crippen LogP contribution in [0.3, 0.4) is 0 Å². The number of nitrogens with zero attached hydrogens (tertiary/aromatic N) is 2. The maximum absolute atomic E-state index is 14.1. The lowest BCUT2D eigenvalue weighted by Gasteiger charge is -2.15. The highest BCUT2D eigenvalue weighted by molar-refractivity contribution is 6.29. The van der Waals surface area contributed by atoms with Crippen molar-refractivity contribution in [2.45, 2.75) is 6.29 Å². The summed E-state index contributed by atoms with van der Waals surface area (Å²) in [5.41, 5.74) is 1.46. The van der Waals surface area contributed by atoms with E-state index in [1.54, 1.807) is 6.07 Å². The molecule has 0 atom stereocenters. The molecular weight excluding hydrogens is 299 g/mol. The number of rotatable bonds is 3. The zero-order valence-electron chi connectivity index (χ0n) is 11.2. The van der Waals surface area contributed by atoms with Crippen molar-refractivity contribution < 1.29 is 18.6 Å². The summed E-state index contributed by atoms with van der Waals surface area (Å²) in [5, 5.41) is 0.286. The summed E-state index contributed by atoms with van der Waals surface area (Å²) in [4.78, 5) is 7.83. The maximum Gasteiger partial charge on any atom is 0.213 e. The molecule has 3 rings (SSSR count). The first kappa shape index (κ1) is 14.2. The summed E-state index contributed by atoms with van der Waals surface area (Å²) in [5.74, 6) is -0.181. The Morgan fingerprint density at radius 1 is 1.19 bits per heavy atom. The van der Waals surface area contributed by atoms with Crippen LogP contribution in [0.4, 0.5) is 4.39 Å². The molecule has 0 amide bonds. The Morgan fingerprint density at radius 3 is 2.67 bits per heavy atom. The summed E-state index contributed by atoms with van der Waals surface area (Å²) in [7, 11) is 1.47. The largest absolute Gasteiger partial charge is 0.481 e. The molecule has 0 bridgehead atoms.